The molecule has 1 atom stereocenters. The Morgan fingerprint density at radius 1 is 1.45 bits per heavy atom. The first kappa shape index (κ1) is 15.0. The summed E-state index contributed by atoms with van der Waals surface area (Å²) in [6.45, 7) is 6.70. The minimum atomic E-state index is -0.905. The second-order valence-corrected chi connectivity index (χ2v) is 6.45. The second kappa shape index (κ2) is 6.08. The largest absolute Gasteiger partial charge is 0.477 e. The van der Waals surface area contributed by atoms with Crippen molar-refractivity contribution < 1.29 is 9.90 Å². The highest BCUT2D eigenvalue weighted by Gasteiger charge is 2.24. The summed E-state index contributed by atoms with van der Waals surface area (Å²) in [6, 6.07) is 5.88. The molecule has 2 aromatic rings. The van der Waals surface area contributed by atoms with E-state index in [1.807, 2.05) is 6.07 Å². The number of piperidine rings is 1. The normalized spacial score (nSPS) is 19.9. The van der Waals surface area contributed by atoms with Gasteiger partial charge in [0.05, 0.1) is 11.7 Å². The molecule has 3 rings (SSSR count). The van der Waals surface area contributed by atoms with Crippen molar-refractivity contribution in [1.29, 1.82) is 0 Å². The second-order valence-electron chi connectivity index (χ2n) is 6.45. The summed E-state index contributed by atoms with van der Waals surface area (Å²) in [5, 5.41) is 9.39. The van der Waals surface area contributed by atoms with Crippen LogP contribution in [0.2, 0.25) is 0 Å². The fourth-order valence-corrected chi connectivity index (χ4v) is 3.42. The van der Waals surface area contributed by atoms with Crippen LogP contribution in [0.15, 0.2) is 24.4 Å². The van der Waals surface area contributed by atoms with E-state index in [-0.39, 0.29) is 0 Å². The summed E-state index contributed by atoms with van der Waals surface area (Å²) < 4.78 is 1.79. The van der Waals surface area contributed by atoms with Crippen molar-refractivity contribution in [1.82, 2.24) is 14.3 Å². The van der Waals surface area contributed by atoms with Crippen LogP contribution in [0.1, 0.15) is 43.0 Å². The molecule has 1 aliphatic heterocycles. The number of nitrogens with zero attached hydrogens (tertiary/aromatic N) is 3. The average Bonchev–Trinajstić information content (AvgIpc) is 2.90. The van der Waals surface area contributed by atoms with Crippen molar-refractivity contribution in [2.24, 2.45) is 5.92 Å². The molecule has 0 aliphatic carbocycles. The van der Waals surface area contributed by atoms with E-state index >= 15 is 0 Å². The van der Waals surface area contributed by atoms with Gasteiger partial charge in [-0.1, -0.05) is 6.07 Å². The van der Waals surface area contributed by atoms with Gasteiger partial charge in [-0.3, -0.25) is 4.40 Å². The van der Waals surface area contributed by atoms with Gasteiger partial charge in [-0.15, -0.1) is 0 Å². The van der Waals surface area contributed by atoms with Crippen molar-refractivity contribution in [3.05, 3.63) is 35.9 Å². The van der Waals surface area contributed by atoms with Crippen LogP contribution in [0, 0.1) is 5.92 Å². The predicted octanol–water partition coefficient (Wildman–Crippen LogP) is 2.70. The Hall–Kier alpha value is -1.88. The average molecular weight is 301 g/mol. The molecule has 0 bridgehead atoms. The van der Waals surface area contributed by atoms with Crippen molar-refractivity contribution in [2.75, 3.05) is 13.1 Å². The van der Waals surface area contributed by atoms with Crippen LogP contribution in [-0.2, 0) is 6.42 Å². The number of rotatable bonds is 4. The van der Waals surface area contributed by atoms with Gasteiger partial charge in [-0.05, 0) is 51.3 Å². The van der Waals surface area contributed by atoms with Crippen molar-refractivity contribution in [3.8, 4) is 0 Å². The third-order valence-electron chi connectivity index (χ3n) is 4.60. The first-order valence-corrected chi connectivity index (χ1v) is 7.99. The van der Waals surface area contributed by atoms with Gasteiger partial charge in [-0.2, -0.15) is 0 Å². The summed E-state index contributed by atoms with van der Waals surface area (Å²) >= 11 is 0. The van der Waals surface area contributed by atoms with Crippen LogP contribution >= 0.6 is 0 Å². The van der Waals surface area contributed by atoms with Crippen LogP contribution < -0.4 is 0 Å². The lowest BCUT2D eigenvalue weighted by molar-refractivity contribution is 0.0688. The number of pyridine rings is 1. The van der Waals surface area contributed by atoms with Crippen LogP contribution in [-0.4, -0.2) is 44.5 Å². The van der Waals surface area contributed by atoms with Gasteiger partial charge in [0.15, 0.2) is 0 Å². The fourth-order valence-electron chi connectivity index (χ4n) is 3.42. The number of aromatic nitrogens is 2. The van der Waals surface area contributed by atoms with Crippen LogP contribution in [0.25, 0.3) is 5.52 Å². The number of carboxylic acid groups (broad SMARTS) is 1. The Morgan fingerprint density at radius 3 is 3.00 bits per heavy atom. The minimum absolute atomic E-state index is 0.293. The van der Waals surface area contributed by atoms with Gasteiger partial charge >= 0.3 is 5.97 Å². The minimum Gasteiger partial charge on any atom is -0.477 e. The molecular weight excluding hydrogens is 278 g/mol. The molecular formula is C17H23N3O2. The van der Waals surface area contributed by atoms with Crippen LogP contribution in [0.5, 0.6) is 0 Å². The number of likely N-dealkylation sites (tertiary alicyclic amines) is 1. The monoisotopic (exact) mass is 301 g/mol. The molecule has 1 N–H and O–H groups in total. The molecule has 0 spiro atoms. The predicted molar refractivity (Wildman–Crippen MR) is 85.3 cm³/mol. The third kappa shape index (κ3) is 2.86. The molecule has 22 heavy (non-hydrogen) atoms. The Balaban J connectivity index is 1.86. The summed E-state index contributed by atoms with van der Waals surface area (Å²) in [7, 11) is 0. The van der Waals surface area contributed by atoms with Crippen molar-refractivity contribution in [2.45, 2.75) is 39.2 Å². The van der Waals surface area contributed by atoms with Crippen LogP contribution in [0.3, 0.4) is 0 Å². The molecule has 1 fully saturated rings. The summed E-state index contributed by atoms with van der Waals surface area (Å²) in [6.07, 6.45) is 5.00. The van der Waals surface area contributed by atoms with Gasteiger partial charge in [-0.25, -0.2) is 9.78 Å². The number of imidazole rings is 1. The number of fused-ring (bicyclic) bond motifs is 1. The van der Waals surface area contributed by atoms with E-state index in [4.69, 9.17) is 0 Å². The molecule has 0 aromatic carbocycles. The molecule has 5 nitrogen and oxygen atoms in total. The Bertz CT molecular complexity index is 678. The zero-order chi connectivity index (χ0) is 15.7. The maximum Gasteiger partial charge on any atom is 0.352 e. The van der Waals surface area contributed by atoms with Gasteiger partial charge in [0.25, 0.3) is 0 Å². The van der Waals surface area contributed by atoms with Crippen molar-refractivity contribution in [3.63, 3.8) is 0 Å². The van der Waals surface area contributed by atoms with E-state index in [0.29, 0.717) is 17.7 Å². The zero-order valence-corrected chi connectivity index (χ0v) is 13.2. The first-order valence-electron chi connectivity index (χ1n) is 7.99. The van der Waals surface area contributed by atoms with Gasteiger partial charge in [0.2, 0.25) is 0 Å². The topological polar surface area (TPSA) is 57.8 Å². The smallest absolute Gasteiger partial charge is 0.352 e. The van der Waals surface area contributed by atoms with Crippen molar-refractivity contribution >= 4 is 11.5 Å². The Labute approximate surface area is 130 Å². The number of hydrogen-bond donors (Lipinski definition) is 1. The van der Waals surface area contributed by atoms with Crippen LogP contribution in [0.4, 0.5) is 0 Å². The van der Waals surface area contributed by atoms with E-state index in [1.54, 1.807) is 22.7 Å². The molecule has 1 aliphatic rings. The molecule has 5 heteroatoms. The lowest BCUT2D eigenvalue weighted by Gasteiger charge is -2.35. The van der Waals surface area contributed by atoms with Gasteiger partial charge in [0, 0.05) is 19.0 Å². The number of carbonyl (C=O) groups is 1. The molecule has 3 heterocycles. The third-order valence-corrected chi connectivity index (χ3v) is 4.60. The first-order chi connectivity index (χ1) is 10.6. The molecule has 2 aromatic heterocycles. The highest BCUT2D eigenvalue weighted by atomic mass is 16.4. The number of hydrogen-bond acceptors (Lipinski definition) is 3. The van der Waals surface area contributed by atoms with E-state index in [9.17, 15) is 9.90 Å². The van der Waals surface area contributed by atoms with E-state index in [2.05, 4.69) is 23.7 Å². The lowest BCUT2D eigenvalue weighted by atomic mass is 9.93. The molecule has 1 unspecified atom stereocenters. The summed E-state index contributed by atoms with van der Waals surface area (Å²) in [4.78, 5) is 18.4. The zero-order valence-electron chi connectivity index (χ0n) is 13.2. The maximum atomic E-state index is 11.4. The molecule has 0 amide bonds. The summed E-state index contributed by atoms with van der Waals surface area (Å²) in [5.74, 6) is 0.504. The molecule has 1 saturated heterocycles. The van der Waals surface area contributed by atoms with E-state index in [1.165, 1.54) is 12.8 Å². The van der Waals surface area contributed by atoms with E-state index in [0.717, 1.165) is 30.9 Å². The SMILES string of the molecule is CC(C)N1CCCC(Cc2ncc3cccc(C(=O)O)n23)C1. The Morgan fingerprint density at radius 2 is 2.27 bits per heavy atom. The molecule has 0 radical (unpaired) electrons. The van der Waals surface area contributed by atoms with Gasteiger partial charge < -0.3 is 10.0 Å². The fraction of sp³-hybridized carbons (Fsp3) is 0.529. The van der Waals surface area contributed by atoms with Gasteiger partial charge in [0.1, 0.15) is 11.5 Å². The molecule has 118 valence electrons. The standard InChI is InChI=1S/C17H23N3O2/c1-12(2)19-8-4-5-13(11-19)9-16-18-10-14-6-3-7-15(17(21)22)20(14)16/h3,6-7,10,12-13H,4-5,8-9,11H2,1-2H3,(H,21,22). The van der Waals surface area contributed by atoms with E-state index < -0.39 is 5.97 Å². The maximum absolute atomic E-state index is 11.4. The summed E-state index contributed by atoms with van der Waals surface area (Å²) in [5.41, 5.74) is 1.15. The number of carboxylic acids is 1. The highest BCUT2D eigenvalue weighted by molar-refractivity contribution is 5.86. The lowest BCUT2D eigenvalue weighted by Crippen LogP contribution is -2.40. The molecule has 0 saturated carbocycles. The quantitative estimate of drug-likeness (QED) is 0.943. The number of aromatic carboxylic acids is 1. The Kier molecular flexibility index (Phi) is 4.16. The highest BCUT2D eigenvalue weighted by Crippen LogP contribution is 2.23.